The number of hydrogen-bond acceptors (Lipinski definition) is 3. The Balaban J connectivity index is 2.36. The number of nitrogens with zero attached hydrogens (tertiary/aromatic N) is 1. The molecule has 0 aliphatic carbocycles. The van der Waals surface area contributed by atoms with Crippen LogP contribution in [-0.4, -0.2) is 23.9 Å². The van der Waals surface area contributed by atoms with Crippen molar-refractivity contribution in [2.75, 3.05) is 6.61 Å². The number of rotatable bonds is 3. The van der Waals surface area contributed by atoms with Gasteiger partial charge in [-0.3, -0.25) is 4.98 Å². The van der Waals surface area contributed by atoms with E-state index in [0.717, 1.165) is 11.1 Å². The summed E-state index contributed by atoms with van der Waals surface area (Å²) in [6, 6.07) is 1.73. The number of ether oxygens (including phenoxy) is 1. The molecule has 0 aliphatic rings. The first kappa shape index (κ1) is 13.3. The van der Waals surface area contributed by atoms with Gasteiger partial charge in [0.2, 0.25) is 0 Å². The second-order valence-electron chi connectivity index (χ2n) is 3.35. The fraction of sp³-hybridized carbons (Fsp3) is 0.400. The number of halogens is 3. The van der Waals surface area contributed by atoms with Gasteiger partial charge in [0.25, 0.3) is 0 Å². The van der Waals surface area contributed by atoms with E-state index < -0.39 is 18.9 Å². The van der Waals surface area contributed by atoms with Crippen molar-refractivity contribution in [3.05, 3.63) is 29.6 Å². The second kappa shape index (κ2) is 5.51. The Morgan fingerprint density at radius 1 is 1.53 bits per heavy atom. The number of pyridine rings is 1. The van der Waals surface area contributed by atoms with Gasteiger partial charge in [0, 0.05) is 18.9 Å². The summed E-state index contributed by atoms with van der Waals surface area (Å²) in [4.78, 5) is 14.8. The lowest BCUT2D eigenvalue weighted by atomic mass is 10.2. The highest BCUT2D eigenvalue weighted by molar-refractivity contribution is 5.67. The van der Waals surface area contributed by atoms with Crippen molar-refractivity contribution in [2.24, 2.45) is 0 Å². The van der Waals surface area contributed by atoms with Gasteiger partial charge in [-0.05, 0) is 24.1 Å². The monoisotopic (exact) mass is 248 g/mol. The minimum Gasteiger partial charge on any atom is -0.440 e. The average Bonchev–Trinajstić information content (AvgIpc) is 2.24. The third kappa shape index (κ3) is 5.19. The molecule has 0 unspecified atom stereocenters. The Morgan fingerprint density at radius 2 is 2.24 bits per heavy atom. The minimum absolute atomic E-state index is 0.0797. The molecule has 0 spiro atoms. The third-order valence-electron chi connectivity index (χ3n) is 1.94. The number of alkyl halides is 3. The van der Waals surface area contributed by atoms with E-state index in [4.69, 9.17) is 0 Å². The maximum atomic E-state index is 11.7. The Morgan fingerprint density at radius 3 is 2.82 bits per heavy atom. The smallest absolute Gasteiger partial charge is 0.422 e. The minimum atomic E-state index is -4.51. The largest absolute Gasteiger partial charge is 0.440 e. The predicted molar refractivity (Wildman–Crippen MR) is 53.2 cm³/mol. The van der Waals surface area contributed by atoms with Crippen LogP contribution in [0.4, 0.5) is 18.0 Å². The van der Waals surface area contributed by atoms with Crippen LogP contribution < -0.4 is 5.32 Å². The molecule has 1 amide bonds. The summed E-state index contributed by atoms with van der Waals surface area (Å²) in [6.07, 6.45) is -2.51. The molecule has 0 saturated carbocycles. The van der Waals surface area contributed by atoms with E-state index in [9.17, 15) is 18.0 Å². The molecule has 0 aliphatic heterocycles. The molecule has 0 aromatic carbocycles. The molecule has 1 aromatic heterocycles. The van der Waals surface area contributed by atoms with Crippen LogP contribution in [0.2, 0.25) is 0 Å². The molecular formula is C10H11F3N2O2. The van der Waals surface area contributed by atoms with Crippen LogP contribution in [0, 0.1) is 6.92 Å². The maximum Gasteiger partial charge on any atom is 0.422 e. The normalized spacial score (nSPS) is 11.1. The van der Waals surface area contributed by atoms with Crippen LogP contribution in [0.25, 0.3) is 0 Å². The van der Waals surface area contributed by atoms with Crippen molar-refractivity contribution >= 4 is 6.09 Å². The molecule has 1 rings (SSSR count). The van der Waals surface area contributed by atoms with E-state index in [0.29, 0.717) is 0 Å². The average molecular weight is 248 g/mol. The summed E-state index contributed by atoms with van der Waals surface area (Å²) in [6.45, 7) is 0.293. The first-order valence-electron chi connectivity index (χ1n) is 4.75. The quantitative estimate of drug-likeness (QED) is 0.891. The third-order valence-corrected chi connectivity index (χ3v) is 1.94. The van der Waals surface area contributed by atoms with E-state index in [1.165, 1.54) is 6.20 Å². The van der Waals surface area contributed by atoms with Crippen molar-refractivity contribution in [1.29, 1.82) is 0 Å². The lowest BCUT2D eigenvalue weighted by Crippen LogP contribution is -2.28. The molecule has 0 saturated heterocycles. The molecule has 4 nitrogen and oxygen atoms in total. The molecular weight excluding hydrogens is 237 g/mol. The lowest BCUT2D eigenvalue weighted by molar-refractivity contribution is -0.160. The number of aromatic nitrogens is 1. The van der Waals surface area contributed by atoms with Crippen molar-refractivity contribution in [3.8, 4) is 0 Å². The van der Waals surface area contributed by atoms with Crippen LogP contribution in [-0.2, 0) is 11.3 Å². The molecule has 1 N–H and O–H groups in total. The highest BCUT2D eigenvalue weighted by Gasteiger charge is 2.29. The summed E-state index contributed by atoms with van der Waals surface area (Å²) in [5.41, 5.74) is 1.60. The van der Waals surface area contributed by atoms with Crippen LogP contribution in [0.15, 0.2) is 18.5 Å². The van der Waals surface area contributed by atoms with E-state index in [-0.39, 0.29) is 6.54 Å². The van der Waals surface area contributed by atoms with E-state index in [2.05, 4.69) is 15.0 Å². The van der Waals surface area contributed by atoms with Crippen molar-refractivity contribution in [3.63, 3.8) is 0 Å². The topological polar surface area (TPSA) is 51.2 Å². The number of carbonyl (C=O) groups is 1. The second-order valence-corrected chi connectivity index (χ2v) is 3.35. The Hall–Kier alpha value is -1.79. The molecule has 0 bridgehead atoms. The molecule has 1 heterocycles. The number of hydrogen-bond donors (Lipinski definition) is 1. The van der Waals surface area contributed by atoms with Gasteiger partial charge in [0.15, 0.2) is 6.61 Å². The number of amides is 1. The Bertz CT molecular complexity index is 393. The Labute approximate surface area is 95.8 Å². The number of alkyl carbamates (subject to hydrolysis) is 1. The van der Waals surface area contributed by atoms with E-state index in [1.54, 1.807) is 19.2 Å². The SMILES string of the molecule is Cc1ccncc1CNC(=O)OCC(F)(F)F. The highest BCUT2D eigenvalue weighted by atomic mass is 19.4. The summed E-state index contributed by atoms with van der Waals surface area (Å²) in [7, 11) is 0. The first-order chi connectivity index (χ1) is 7.88. The molecule has 0 radical (unpaired) electrons. The first-order valence-corrected chi connectivity index (χ1v) is 4.75. The highest BCUT2D eigenvalue weighted by Crippen LogP contribution is 2.14. The Kier molecular flexibility index (Phi) is 4.30. The molecule has 7 heteroatoms. The van der Waals surface area contributed by atoms with Gasteiger partial charge in [-0.1, -0.05) is 0 Å². The van der Waals surface area contributed by atoms with Crippen molar-refractivity contribution < 1.29 is 22.7 Å². The van der Waals surface area contributed by atoms with Gasteiger partial charge in [0.1, 0.15) is 0 Å². The summed E-state index contributed by atoms with van der Waals surface area (Å²) < 4.78 is 39.2. The molecule has 1 aromatic rings. The van der Waals surface area contributed by atoms with Gasteiger partial charge in [-0.25, -0.2) is 4.79 Å². The van der Waals surface area contributed by atoms with Crippen molar-refractivity contribution in [2.45, 2.75) is 19.6 Å². The number of aryl methyl sites for hydroxylation is 1. The van der Waals surface area contributed by atoms with Gasteiger partial charge < -0.3 is 10.1 Å². The molecule has 0 fully saturated rings. The van der Waals surface area contributed by atoms with Crippen LogP contribution in [0.1, 0.15) is 11.1 Å². The summed E-state index contributed by atoms with van der Waals surface area (Å²) >= 11 is 0. The standard InChI is InChI=1S/C10H11F3N2O2/c1-7-2-3-14-4-8(7)5-15-9(16)17-6-10(11,12)13/h2-4H,5-6H2,1H3,(H,15,16). The fourth-order valence-electron chi connectivity index (χ4n) is 1.05. The zero-order valence-corrected chi connectivity index (χ0v) is 9.04. The van der Waals surface area contributed by atoms with Crippen LogP contribution in [0.5, 0.6) is 0 Å². The van der Waals surface area contributed by atoms with Gasteiger partial charge in [-0.2, -0.15) is 13.2 Å². The zero-order chi connectivity index (χ0) is 12.9. The predicted octanol–water partition coefficient (Wildman–Crippen LogP) is 2.18. The van der Waals surface area contributed by atoms with E-state index >= 15 is 0 Å². The van der Waals surface area contributed by atoms with E-state index in [1.807, 2.05) is 0 Å². The molecule has 94 valence electrons. The number of nitrogens with one attached hydrogen (secondary N) is 1. The lowest BCUT2D eigenvalue weighted by Gasteiger charge is -2.09. The molecule has 17 heavy (non-hydrogen) atoms. The van der Waals surface area contributed by atoms with Gasteiger partial charge in [0.05, 0.1) is 0 Å². The number of carbonyl (C=O) groups excluding carboxylic acids is 1. The van der Waals surface area contributed by atoms with Crippen LogP contribution >= 0.6 is 0 Å². The van der Waals surface area contributed by atoms with Crippen LogP contribution in [0.3, 0.4) is 0 Å². The summed E-state index contributed by atoms with van der Waals surface area (Å²) in [5.74, 6) is 0. The zero-order valence-electron chi connectivity index (χ0n) is 9.04. The maximum absolute atomic E-state index is 11.7. The molecule has 0 atom stereocenters. The fourth-order valence-corrected chi connectivity index (χ4v) is 1.05. The van der Waals surface area contributed by atoms with Crippen molar-refractivity contribution in [1.82, 2.24) is 10.3 Å². The van der Waals surface area contributed by atoms with Gasteiger partial charge >= 0.3 is 12.3 Å². The summed E-state index contributed by atoms with van der Waals surface area (Å²) in [5, 5.41) is 2.21. The van der Waals surface area contributed by atoms with Gasteiger partial charge in [-0.15, -0.1) is 0 Å².